The van der Waals surface area contributed by atoms with E-state index in [0.717, 1.165) is 19.3 Å². The molecule has 16 heavy (non-hydrogen) atoms. The molecule has 0 aliphatic heterocycles. The van der Waals surface area contributed by atoms with Gasteiger partial charge in [0.15, 0.2) is 0 Å². The van der Waals surface area contributed by atoms with Crippen LogP contribution in [0.3, 0.4) is 0 Å². The number of hydrogen-bond donors (Lipinski definition) is 2. The van der Waals surface area contributed by atoms with Crippen LogP contribution in [-0.2, 0) is 4.74 Å². The third-order valence-electron chi connectivity index (χ3n) is 2.60. The third-order valence-corrected chi connectivity index (χ3v) is 2.60. The summed E-state index contributed by atoms with van der Waals surface area (Å²) in [7, 11) is 0. The molecule has 0 heterocycles. The first-order valence-corrected chi connectivity index (χ1v) is 6.21. The standard InChI is InChI=1S/C12H24O4/c1-2-3-4-5-6-7-8-11(9-10-13)16-12(14)15/h11,13H,2-10H2,1H3,(H,14,15). The van der Waals surface area contributed by atoms with E-state index < -0.39 is 6.16 Å². The fourth-order valence-electron chi connectivity index (χ4n) is 1.70. The molecule has 0 radical (unpaired) electrons. The molecule has 1 unspecified atom stereocenters. The molecule has 0 bridgehead atoms. The molecule has 0 aromatic heterocycles. The van der Waals surface area contributed by atoms with Gasteiger partial charge in [0, 0.05) is 13.0 Å². The topological polar surface area (TPSA) is 66.8 Å². The molecule has 0 amide bonds. The van der Waals surface area contributed by atoms with Crippen LogP contribution >= 0.6 is 0 Å². The highest BCUT2D eigenvalue weighted by atomic mass is 16.7. The van der Waals surface area contributed by atoms with Gasteiger partial charge in [-0.05, 0) is 12.8 Å². The van der Waals surface area contributed by atoms with Crippen molar-refractivity contribution in [3.63, 3.8) is 0 Å². The summed E-state index contributed by atoms with van der Waals surface area (Å²) < 4.78 is 4.68. The number of carboxylic acid groups (broad SMARTS) is 1. The van der Waals surface area contributed by atoms with Crippen molar-refractivity contribution in [3.05, 3.63) is 0 Å². The van der Waals surface area contributed by atoms with Crippen LogP contribution in [-0.4, -0.2) is 29.1 Å². The van der Waals surface area contributed by atoms with E-state index in [2.05, 4.69) is 11.7 Å². The summed E-state index contributed by atoms with van der Waals surface area (Å²) in [6.07, 6.45) is 6.58. The average molecular weight is 232 g/mol. The maximum atomic E-state index is 10.4. The van der Waals surface area contributed by atoms with Gasteiger partial charge in [0.2, 0.25) is 0 Å². The first-order chi connectivity index (χ1) is 7.70. The second kappa shape index (κ2) is 10.7. The maximum Gasteiger partial charge on any atom is 0.506 e. The maximum absolute atomic E-state index is 10.4. The Labute approximate surface area is 97.6 Å². The number of aliphatic hydroxyl groups is 1. The number of ether oxygens (including phenoxy) is 1. The molecule has 0 fully saturated rings. The van der Waals surface area contributed by atoms with Gasteiger partial charge in [-0.1, -0.05) is 39.0 Å². The van der Waals surface area contributed by atoms with Crippen molar-refractivity contribution in [3.8, 4) is 0 Å². The number of hydrogen-bond acceptors (Lipinski definition) is 3. The van der Waals surface area contributed by atoms with Crippen molar-refractivity contribution >= 4 is 6.16 Å². The molecule has 0 aromatic rings. The van der Waals surface area contributed by atoms with E-state index in [1.54, 1.807) is 0 Å². The Morgan fingerprint density at radius 3 is 2.31 bits per heavy atom. The Balaban J connectivity index is 3.47. The van der Waals surface area contributed by atoms with Crippen LogP contribution in [0.15, 0.2) is 0 Å². The fourth-order valence-corrected chi connectivity index (χ4v) is 1.70. The molecular weight excluding hydrogens is 208 g/mol. The van der Waals surface area contributed by atoms with Crippen LogP contribution in [0.4, 0.5) is 4.79 Å². The molecular formula is C12H24O4. The SMILES string of the molecule is CCCCCCCCC(CCO)OC(=O)O. The van der Waals surface area contributed by atoms with Crippen LogP contribution in [0.2, 0.25) is 0 Å². The summed E-state index contributed by atoms with van der Waals surface area (Å²) in [6, 6.07) is 0. The minimum Gasteiger partial charge on any atom is -0.450 e. The van der Waals surface area contributed by atoms with Gasteiger partial charge in [0.25, 0.3) is 0 Å². The molecule has 0 spiro atoms. The van der Waals surface area contributed by atoms with E-state index in [4.69, 9.17) is 10.2 Å². The van der Waals surface area contributed by atoms with Crippen LogP contribution in [0.5, 0.6) is 0 Å². The zero-order chi connectivity index (χ0) is 12.2. The normalized spacial score (nSPS) is 12.4. The Hall–Kier alpha value is -0.770. The fraction of sp³-hybridized carbons (Fsp3) is 0.917. The number of rotatable bonds is 10. The van der Waals surface area contributed by atoms with Crippen molar-refractivity contribution in [1.82, 2.24) is 0 Å². The summed E-state index contributed by atoms with van der Waals surface area (Å²) in [5, 5.41) is 17.2. The third kappa shape index (κ3) is 9.77. The lowest BCUT2D eigenvalue weighted by Gasteiger charge is -2.14. The van der Waals surface area contributed by atoms with E-state index in [0.29, 0.717) is 6.42 Å². The molecule has 0 aliphatic carbocycles. The smallest absolute Gasteiger partial charge is 0.450 e. The summed E-state index contributed by atoms with van der Waals surface area (Å²) >= 11 is 0. The van der Waals surface area contributed by atoms with Gasteiger partial charge in [-0.25, -0.2) is 4.79 Å². The molecule has 0 saturated heterocycles. The predicted octanol–water partition coefficient (Wildman–Crippen LogP) is 3.18. The predicted molar refractivity (Wildman–Crippen MR) is 62.6 cm³/mol. The molecule has 2 N–H and O–H groups in total. The summed E-state index contributed by atoms with van der Waals surface area (Å²) in [6.45, 7) is 2.16. The second-order valence-corrected chi connectivity index (χ2v) is 4.07. The van der Waals surface area contributed by atoms with Crippen molar-refractivity contribution < 1.29 is 19.7 Å². The van der Waals surface area contributed by atoms with Gasteiger partial charge in [0.05, 0.1) is 0 Å². The van der Waals surface area contributed by atoms with E-state index >= 15 is 0 Å². The van der Waals surface area contributed by atoms with Crippen molar-refractivity contribution in [2.75, 3.05) is 6.61 Å². The monoisotopic (exact) mass is 232 g/mol. The lowest BCUT2D eigenvalue weighted by Crippen LogP contribution is -2.18. The lowest BCUT2D eigenvalue weighted by atomic mass is 10.1. The first kappa shape index (κ1) is 15.2. The number of carbonyl (C=O) groups is 1. The Morgan fingerprint density at radius 2 is 1.75 bits per heavy atom. The van der Waals surface area contributed by atoms with Gasteiger partial charge < -0.3 is 14.9 Å². The van der Waals surface area contributed by atoms with E-state index in [9.17, 15) is 4.79 Å². The van der Waals surface area contributed by atoms with E-state index in [1.807, 2.05) is 0 Å². The van der Waals surface area contributed by atoms with Gasteiger partial charge in [-0.2, -0.15) is 0 Å². The highest BCUT2D eigenvalue weighted by molar-refractivity contribution is 5.57. The zero-order valence-electron chi connectivity index (χ0n) is 10.2. The molecule has 0 rings (SSSR count). The lowest BCUT2D eigenvalue weighted by molar-refractivity contribution is 0.0360. The Morgan fingerprint density at radius 1 is 1.12 bits per heavy atom. The summed E-state index contributed by atoms with van der Waals surface area (Å²) in [5.41, 5.74) is 0. The second-order valence-electron chi connectivity index (χ2n) is 4.07. The summed E-state index contributed by atoms with van der Waals surface area (Å²) in [5.74, 6) is 0. The van der Waals surface area contributed by atoms with Gasteiger partial charge in [-0.15, -0.1) is 0 Å². The first-order valence-electron chi connectivity index (χ1n) is 6.21. The van der Waals surface area contributed by atoms with Crippen molar-refractivity contribution in [1.29, 1.82) is 0 Å². The van der Waals surface area contributed by atoms with Crippen LogP contribution < -0.4 is 0 Å². The zero-order valence-corrected chi connectivity index (χ0v) is 10.2. The van der Waals surface area contributed by atoms with Crippen molar-refractivity contribution in [2.24, 2.45) is 0 Å². The van der Waals surface area contributed by atoms with Gasteiger partial charge >= 0.3 is 6.16 Å². The highest BCUT2D eigenvalue weighted by Gasteiger charge is 2.12. The quantitative estimate of drug-likeness (QED) is 0.448. The Bertz CT molecular complexity index is 170. The molecule has 4 nitrogen and oxygen atoms in total. The van der Waals surface area contributed by atoms with Crippen LogP contribution in [0.1, 0.15) is 58.3 Å². The molecule has 4 heteroatoms. The molecule has 1 atom stereocenters. The van der Waals surface area contributed by atoms with Crippen LogP contribution in [0, 0.1) is 0 Å². The minimum absolute atomic E-state index is 0.0201. The Kier molecular flexibility index (Phi) is 10.2. The van der Waals surface area contributed by atoms with E-state index in [1.165, 1.54) is 25.7 Å². The largest absolute Gasteiger partial charge is 0.506 e. The van der Waals surface area contributed by atoms with E-state index in [-0.39, 0.29) is 12.7 Å². The summed E-state index contributed by atoms with van der Waals surface area (Å²) in [4.78, 5) is 10.4. The molecule has 0 aromatic carbocycles. The van der Waals surface area contributed by atoms with Gasteiger partial charge in [0.1, 0.15) is 6.10 Å². The average Bonchev–Trinajstić information content (AvgIpc) is 2.22. The highest BCUT2D eigenvalue weighted by Crippen LogP contribution is 2.12. The molecule has 0 aliphatic rings. The van der Waals surface area contributed by atoms with Gasteiger partial charge in [-0.3, -0.25) is 0 Å². The minimum atomic E-state index is -1.25. The van der Waals surface area contributed by atoms with Crippen LogP contribution in [0.25, 0.3) is 0 Å². The molecule has 96 valence electrons. The van der Waals surface area contributed by atoms with Crippen molar-refractivity contribution in [2.45, 2.75) is 64.4 Å². The number of aliphatic hydroxyl groups excluding tert-OH is 1. The molecule has 0 saturated carbocycles. The number of unbranched alkanes of at least 4 members (excludes halogenated alkanes) is 5.